The van der Waals surface area contributed by atoms with Crippen molar-refractivity contribution in [2.24, 2.45) is 0 Å². The van der Waals surface area contributed by atoms with Crippen molar-refractivity contribution in [3.63, 3.8) is 0 Å². The number of nitrogens with one attached hydrogen (secondary N) is 1. The van der Waals surface area contributed by atoms with Gasteiger partial charge in [0.15, 0.2) is 5.11 Å². The average Bonchev–Trinajstić information content (AvgIpc) is 2.96. The van der Waals surface area contributed by atoms with Gasteiger partial charge in [-0.25, -0.2) is 0 Å². The summed E-state index contributed by atoms with van der Waals surface area (Å²) in [4.78, 5) is 36.6. The zero-order valence-electron chi connectivity index (χ0n) is 16.2. The molecular formula is C19H18N4O5S. The number of thiocarbonyl (C=S) groups is 1. The van der Waals surface area contributed by atoms with Crippen LogP contribution < -0.4 is 10.1 Å². The van der Waals surface area contributed by atoms with Gasteiger partial charge in [0.05, 0.1) is 17.7 Å². The number of rotatable bonds is 4. The lowest BCUT2D eigenvalue weighted by Crippen LogP contribution is -2.52. The van der Waals surface area contributed by atoms with Crippen LogP contribution in [0, 0.1) is 24.0 Å². The zero-order valence-corrected chi connectivity index (χ0v) is 17.0. The van der Waals surface area contributed by atoms with Crippen LogP contribution in [0.2, 0.25) is 0 Å². The number of likely N-dealkylation sites (N-methyl/N-ethyl adjacent to an activating group) is 1. The van der Waals surface area contributed by atoms with Gasteiger partial charge in [-0.1, -0.05) is 0 Å². The van der Waals surface area contributed by atoms with E-state index in [9.17, 15) is 19.7 Å². The van der Waals surface area contributed by atoms with Crippen molar-refractivity contribution in [2.75, 3.05) is 14.2 Å². The van der Waals surface area contributed by atoms with E-state index in [-0.39, 0.29) is 16.4 Å². The summed E-state index contributed by atoms with van der Waals surface area (Å²) < 4.78 is 7.14. The summed E-state index contributed by atoms with van der Waals surface area (Å²) in [6.45, 7) is 3.61. The van der Waals surface area contributed by atoms with Gasteiger partial charge in [-0.3, -0.25) is 29.9 Å². The fourth-order valence-corrected chi connectivity index (χ4v) is 3.35. The molecule has 1 saturated heterocycles. The summed E-state index contributed by atoms with van der Waals surface area (Å²) in [5, 5.41) is 13.7. The maximum Gasteiger partial charge on any atom is 0.271 e. The molecule has 29 heavy (non-hydrogen) atoms. The third-order valence-electron chi connectivity index (χ3n) is 4.69. The van der Waals surface area contributed by atoms with E-state index in [1.54, 1.807) is 17.6 Å². The van der Waals surface area contributed by atoms with Crippen LogP contribution in [0.5, 0.6) is 5.75 Å². The van der Waals surface area contributed by atoms with Crippen LogP contribution >= 0.6 is 12.2 Å². The number of benzene rings is 1. The van der Waals surface area contributed by atoms with Crippen LogP contribution in [0.4, 0.5) is 5.69 Å². The molecule has 1 aliphatic heterocycles. The van der Waals surface area contributed by atoms with Crippen molar-refractivity contribution in [1.82, 2.24) is 14.8 Å². The molecule has 2 aromatic rings. The van der Waals surface area contributed by atoms with Crippen LogP contribution in [0.15, 0.2) is 29.8 Å². The van der Waals surface area contributed by atoms with Gasteiger partial charge in [0.1, 0.15) is 11.3 Å². The molecule has 2 amide bonds. The molecule has 0 aliphatic carbocycles. The third kappa shape index (κ3) is 3.49. The van der Waals surface area contributed by atoms with E-state index in [1.807, 2.05) is 6.92 Å². The predicted octanol–water partition coefficient (Wildman–Crippen LogP) is 2.27. The lowest BCUT2D eigenvalue weighted by Gasteiger charge is -2.25. The van der Waals surface area contributed by atoms with Crippen molar-refractivity contribution in [3.8, 4) is 11.4 Å². The van der Waals surface area contributed by atoms with Crippen LogP contribution in [0.3, 0.4) is 0 Å². The molecule has 1 aliphatic rings. The van der Waals surface area contributed by atoms with Gasteiger partial charge in [0.2, 0.25) is 0 Å². The molecule has 1 fully saturated rings. The minimum Gasteiger partial charge on any atom is -0.495 e. The fourth-order valence-electron chi connectivity index (χ4n) is 3.17. The Morgan fingerprint density at radius 2 is 1.93 bits per heavy atom. The first-order valence-corrected chi connectivity index (χ1v) is 8.93. The molecule has 3 rings (SSSR count). The van der Waals surface area contributed by atoms with E-state index in [0.29, 0.717) is 22.7 Å². The summed E-state index contributed by atoms with van der Waals surface area (Å²) in [6, 6.07) is 6.09. The van der Waals surface area contributed by atoms with E-state index >= 15 is 0 Å². The van der Waals surface area contributed by atoms with Crippen LogP contribution in [-0.2, 0) is 9.59 Å². The lowest BCUT2D eigenvalue weighted by atomic mass is 10.1. The lowest BCUT2D eigenvalue weighted by molar-refractivity contribution is -0.384. The fraction of sp³-hybridized carbons (Fsp3) is 0.211. The van der Waals surface area contributed by atoms with E-state index < -0.39 is 16.7 Å². The minimum atomic E-state index is -0.573. The quantitative estimate of drug-likeness (QED) is 0.270. The van der Waals surface area contributed by atoms with Crippen molar-refractivity contribution in [1.29, 1.82) is 0 Å². The zero-order chi connectivity index (χ0) is 21.5. The number of carbonyl (C=O) groups excluding carboxylic acids is 2. The van der Waals surface area contributed by atoms with Crippen molar-refractivity contribution in [2.45, 2.75) is 13.8 Å². The second kappa shape index (κ2) is 7.47. The molecule has 2 heterocycles. The number of hydrogen-bond donors (Lipinski definition) is 1. The number of aromatic nitrogens is 1. The smallest absolute Gasteiger partial charge is 0.271 e. The van der Waals surface area contributed by atoms with Gasteiger partial charge in [0, 0.05) is 30.6 Å². The Labute approximate surface area is 171 Å². The molecule has 0 radical (unpaired) electrons. The summed E-state index contributed by atoms with van der Waals surface area (Å²) in [5.74, 6) is -0.625. The molecule has 0 spiro atoms. The number of ether oxygens (including phenoxy) is 1. The second-order valence-electron chi connectivity index (χ2n) is 6.46. The molecular weight excluding hydrogens is 396 g/mol. The minimum absolute atomic E-state index is 0.0453. The van der Waals surface area contributed by atoms with Crippen molar-refractivity contribution < 1.29 is 19.2 Å². The number of methoxy groups -OCH3 is 1. The van der Waals surface area contributed by atoms with Crippen LogP contribution in [0.25, 0.3) is 11.8 Å². The van der Waals surface area contributed by atoms with Gasteiger partial charge in [0.25, 0.3) is 17.5 Å². The maximum atomic E-state index is 12.5. The molecule has 1 aromatic carbocycles. The number of nitrogens with zero attached hydrogens (tertiary/aromatic N) is 3. The second-order valence-corrected chi connectivity index (χ2v) is 6.84. The highest BCUT2D eigenvalue weighted by molar-refractivity contribution is 7.80. The number of nitro groups is 1. The Bertz CT molecular complexity index is 1100. The molecule has 9 nitrogen and oxygen atoms in total. The van der Waals surface area contributed by atoms with Gasteiger partial charge in [-0.15, -0.1) is 0 Å². The highest BCUT2D eigenvalue weighted by Crippen LogP contribution is 2.32. The monoisotopic (exact) mass is 414 g/mol. The number of nitro benzene ring substituents is 1. The Kier molecular flexibility index (Phi) is 5.21. The molecule has 1 aromatic heterocycles. The Morgan fingerprint density at radius 3 is 2.55 bits per heavy atom. The molecule has 150 valence electrons. The van der Waals surface area contributed by atoms with Gasteiger partial charge in [-0.2, -0.15) is 0 Å². The Balaban J connectivity index is 2.15. The van der Waals surface area contributed by atoms with Crippen LogP contribution in [-0.4, -0.2) is 45.5 Å². The van der Waals surface area contributed by atoms with E-state index in [4.69, 9.17) is 17.0 Å². The molecule has 0 saturated carbocycles. The first-order chi connectivity index (χ1) is 13.6. The third-order valence-corrected chi connectivity index (χ3v) is 5.06. The number of aryl methyl sites for hydroxylation is 1. The van der Waals surface area contributed by atoms with Crippen molar-refractivity contribution in [3.05, 3.63) is 56.9 Å². The Morgan fingerprint density at radius 1 is 1.24 bits per heavy atom. The molecule has 0 bridgehead atoms. The largest absolute Gasteiger partial charge is 0.495 e. The number of amides is 2. The molecule has 0 unspecified atom stereocenters. The summed E-state index contributed by atoms with van der Waals surface area (Å²) in [5.41, 5.74) is 2.42. The van der Waals surface area contributed by atoms with Crippen molar-refractivity contribution >= 4 is 40.9 Å². The molecule has 10 heteroatoms. The highest BCUT2D eigenvalue weighted by Gasteiger charge is 2.31. The summed E-state index contributed by atoms with van der Waals surface area (Å²) in [6.07, 6.45) is 1.48. The van der Waals surface area contributed by atoms with E-state index in [0.717, 1.165) is 5.69 Å². The van der Waals surface area contributed by atoms with Gasteiger partial charge < -0.3 is 9.30 Å². The first kappa shape index (κ1) is 20.2. The highest BCUT2D eigenvalue weighted by atomic mass is 32.1. The van der Waals surface area contributed by atoms with Gasteiger partial charge in [-0.05, 0) is 49.8 Å². The maximum absolute atomic E-state index is 12.5. The number of hydrogen-bond acceptors (Lipinski definition) is 6. The SMILES string of the molecule is COc1ccc([N+](=O)[O-])cc1-n1c(C)cc(/C=C2\C(=O)NC(=S)N(C)C2=O)c1C. The summed E-state index contributed by atoms with van der Waals surface area (Å²) >= 11 is 4.95. The Hall–Kier alpha value is -3.53. The van der Waals surface area contributed by atoms with E-state index in [1.165, 1.54) is 43.3 Å². The first-order valence-electron chi connectivity index (χ1n) is 8.52. The van der Waals surface area contributed by atoms with Crippen LogP contribution in [0.1, 0.15) is 17.0 Å². The summed E-state index contributed by atoms with van der Waals surface area (Å²) in [7, 11) is 2.96. The number of non-ortho nitro benzene ring substituents is 1. The standard InChI is InChI=1S/C19H18N4O5S/c1-10-7-12(8-14-17(24)20-19(29)21(3)18(14)25)11(2)22(10)15-9-13(23(26)27)5-6-16(15)28-4/h5-9H,1-4H3,(H,20,24,29)/b14-8+. The average molecular weight is 414 g/mol. The van der Waals surface area contributed by atoms with E-state index in [2.05, 4.69) is 5.32 Å². The number of carbonyl (C=O) groups is 2. The predicted molar refractivity (Wildman–Crippen MR) is 110 cm³/mol. The topological polar surface area (TPSA) is 107 Å². The molecule has 0 atom stereocenters. The van der Waals surface area contributed by atoms with Gasteiger partial charge >= 0.3 is 0 Å². The normalized spacial score (nSPS) is 15.7. The molecule has 1 N–H and O–H groups in total.